The van der Waals surface area contributed by atoms with Gasteiger partial charge in [-0.15, -0.1) is 11.3 Å². The summed E-state index contributed by atoms with van der Waals surface area (Å²) in [7, 11) is 0. The zero-order valence-electron chi connectivity index (χ0n) is 12.8. The molecule has 4 heteroatoms. The molecule has 114 valence electrons. The van der Waals surface area contributed by atoms with Crippen LogP contribution in [0, 0.1) is 5.92 Å². The van der Waals surface area contributed by atoms with E-state index in [-0.39, 0.29) is 0 Å². The summed E-state index contributed by atoms with van der Waals surface area (Å²) in [5.74, 6) is 0.797. The normalized spacial score (nSPS) is 17.4. The van der Waals surface area contributed by atoms with Crippen molar-refractivity contribution in [3.63, 3.8) is 0 Å². The van der Waals surface area contributed by atoms with E-state index in [9.17, 15) is 0 Å². The Hall–Kier alpha value is -1.13. The van der Waals surface area contributed by atoms with Crippen LogP contribution in [-0.4, -0.2) is 9.55 Å². The van der Waals surface area contributed by atoms with Crippen LogP contribution in [0.4, 0.5) is 0 Å². The largest absolute Gasteiger partial charge is 0.333 e. The minimum Gasteiger partial charge on any atom is -0.333 e. The van der Waals surface area contributed by atoms with Crippen molar-refractivity contribution in [3.8, 4) is 0 Å². The summed E-state index contributed by atoms with van der Waals surface area (Å²) in [6.07, 6.45) is 10.6. The van der Waals surface area contributed by atoms with Crippen LogP contribution < -0.4 is 5.32 Å². The third-order valence-corrected chi connectivity index (χ3v) is 5.44. The molecule has 2 heterocycles. The van der Waals surface area contributed by atoms with Crippen LogP contribution in [0.25, 0.3) is 0 Å². The highest BCUT2D eigenvalue weighted by Crippen LogP contribution is 2.37. The van der Waals surface area contributed by atoms with Crippen molar-refractivity contribution in [1.29, 1.82) is 0 Å². The SMILES string of the molecule is CCCn1cncc1CNC(c1cccs1)C1CCCC1. The lowest BCUT2D eigenvalue weighted by atomic mass is 9.96. The van der Waals surface area contributed by atoms with E-state index in [1.807, 2.05) is 23.9 Å². The summed E-state index contributed by atoms with van der Waals surface area (Å²) in [6.45, 7) is 4.19. The van der Waals surface area contributed by atoms with E-state index in [2.05, 4.69) is 39.3 Å². The van der Waals surface area contributed by atoms with E-state index >= 15 is 0 Å². The van der Waals surface area contributed by atoms with E-state index < -0.39 is 0 Å². The number of nitrogens with zero attached hydrogens (tertiary/aromatic N) is 2. The van der Waals surface area contributed by atoms with Crippen LogP contribution in [0.2, 0.25) is 0 Å². The smallest absolute Gasteiger partial charge is 0.0948 e. The molecule has 0 radical (unpaired) electrons. The van der Waals surface area contributed by atoms with Gasteiger partial charge in [0.25, 0.3) is 0 Å². The summed E-state index contributed by atoms with van der Waals surface area (Å²) in [5, 5.41) is 6.01. The Morgan fingerprint density at radius 2 is 2.29 bits per heavy atom. The zero-order valence-corrected chi connectivity index (χ0v) is 13.6. The van der Waals surface area contributed by atoms with Crippen molar-refractivity contribution in [2.75, 3.05) is 0 Å². The van der Waals surface area contributed by atoms with Crippen molar-refractivity contribution < 1.29 is 0 Å². The summed E-state index contributed by atoms with van der Waals surface area (Å²) >= 11 is 1.88. The molecule has 1 atom stereocenters. The van der Waals surface area contributed by atoms with Crippen LogP contribution in [0.15, 0.2) is 30.0 Å². The maximum atomic E-state index is 4.30. The molecule has 3 nitrogen and oxygen atoms in total. The summed E-state index contributed by atoms with van der Waals surface area (Å²) in [6, 6.07) is 4.96. The number of hydrogen-bond acceptors (Lipinski definition) is 3. The van der Waals surface area contributed by atoms with E-state index in [0.29, 0.717) is 6.04 Å². The fourth-order valence-electron chi connectivity index (χ4n) is 3.41. The number of thiophene rings is 1. The molecule has 1 N–H and O–H groups in total. The molecule has 21 heavy (non-hydrogen) atoms. The fraction of sp³-hybridized carbons (Fsp3) is 0.588. The van der Waals surface area contributed by atoms with Gasteiger partial charge in [0.2, 0.25) is 0 Å². The van der Waals surface area contributed by atoms with Gasteiger partial charge in [-0.25, -0.2) is 4.98 Å². The van der Waals surface area contributed by atoms with Crippen LogP contribution in [-0.2, 0) is 13.1 Å². The number of hydrogen-bond donors (Lipinski definition) is 1. The van der Waals surface area contributed by atoms with E-state index in [0.717, 1.165) is 25.4 Å². The molecule has 0 saturated heterocycles. The van der Waals surface area contributed by atoms with Crippen molar-refractivity contribution in [2.45, 2.75) is 58.2 Å². The molecular formula is C17H25N3S. The lowest BCUT2D eigenvalue weighted by Crippen LogP contribution is -2.27. The Morgan fingerprint density at radius 1 is 1.43 bits per heavy atom. The predicted octanol–water partition coefficient (Wildman–Crippen LogP) is 4.38. The number of nitrogens with one attached hydrogen (secondary N) is 1. The molecule has 0 bridgehead atoms. The van der Waals surface area contributed by atoms with E-state index in [4.69, 9.17) is 0 Å². The fourth-order valence-corrected chi connectivity index (χ4v) is 4.30. The molecule has 0 aliphatic heterocycles. The first kappa shape index (κ1) is 14.8. The lowest BCUT2D eigenvalue weighted by Gasteiger charge is -2.24. The second kappa shape index (κ2) is 7.23. The third kappa shape index (κ3) is 3.55. The van der Waals surface area contributed by atoms with Crippen LogP contribution in [0.1, 0.15) is 55.6 Å². The van der Waals surface area contributed by atoms with Crippen LogP contribution >= 0.6 is 11.3 Å². The highest BCUT2D eigenvalue weighted by atomic mass is 32.1. The topological polar surface area (TPSA) is 29.9 Å². The summed E-state index contributed by atoms with van der Waals surface area (Å²) < 4.78 is 2.27. The molecule has 3 rings (SSSR count). The van der Waals surface area contributed by atoms with Gasteiger partial charge in [-0.1, -0.05) is 25.8 Å². The van der Waals surface area contributed by atoms with Gasteiger partial charge in [0.15, 0.2) is 0 Å². The van der Waals surface area contributed by atoms with Gasteiger partial charge < -0.3 is 9.88 Å². The molecule has 1 aliphatic carbocycles. The molecular weight excluding hydrogens is 278 g/mol. The molecule has 0 aromatic carbocycles. The van der Waals surface area contributed by atoms with Crippen molar-refractivity contribution >= 4 is 11.3 Å². The van der Waals surface area contributed by atoms with Crippen molar-refractivity contribution in [1.82, 2.24) is 14.9 Å². The molecule has 2 aromatic heterocycles. The third-order valence-electron chi connectivity index (χ3n) is 4.49. The highest BCUT2D eigenvalue weighted by molar-refractivity contribution is 7.10. The molecule has 1 unspecified atom stereocenters. The van der Waals surface area contributed by atoms with Gasteiger partial charge in [0.1, 0.15) is 0 Å². The average Bonchev–Trinajstić information content (AvgIpc) is 3.22. The van der Waals surface area contributed by atoms with Gasteiger partial charge in [0, 0.05) is 30.2 Å². The lowest BCUT2D eigenvalue weighted by molar-refractivity contribution is 0.366. The van der Waals surface area contributed by atoms with Crippen molar-refractivity contribution in [3.05, 3.63) is 40.6 Å². The average molecular weight is 303 g/mol. The number of imidazole rings is 1. The van der Waals surface area contributed by atoms with Crippen LogP contribution in [0.5, 0.6) is 0 Å². The first-order valence-electron chi connectivity index (χ1n) is 8.14. The Bertz CT molecular complexity index is 526. The molecule has 0 spiro atoms. The zero-order chi connectivity index (χ0) is 14.5. The highest BCUT2D eigenvalue weighted by Gasteiger charge is 2.26. The standard InChI is InChI=1S/C17H25N3S/c1-2-9-20-13-18-11-15(20)12-19-17(14-6-3-4-7-14)16-8-5-10-21-16/h5,8,10-11,13-14,17,19H,2-4,6-7,9,12H2,1H3. The first-order valence-corrected chi connectivity index (χ1v) is 9.02. The molecule has 2 aromatic rings. The van der Waals surface area contributed by atoms with E-state index in [1.165, 1.54) is 36.3 Å². The summed E-state index contributed by atoms with van der Waals surface area (Å²) in [5.41, 5.74) is 1.30. The van der Waals surface area contributed by atoms with Crippen molar-refractivity contribution in [2.24, 2.45) is 5.92 Å². The Balaban J connectivity index is 1.68. The molecule has 1 fully saturated rings. The minimum absolute atomic E-state index is 0.512. The second-order valence-electron chi connectivity index (χ2n) is 6.00. The van der Waals surface area contributed by atoms with Gasteiger partial charge in [-0.3, -0.25) is 0 Å². The van der Waals surface area contributed by atoms with Gasteiger partial charge in [-0.05, 0) is 36.6 Å². The number of aromatic nitrogens is 2. The van der Waals surface area contributed by atoms with Gasteiger partial charge in [0.05, 0.1) is 12.0 Å². The molecule has 1 saturated carbocycles. The minimum atomic E-state index is 0.512. The molecule has 0 amide bonds. The Morgan fingerprint density at radius 3 is 3.00 bits per heavy atom. The quantitative estimate of drug-likeness (QED) is 0.823. The van der Waals surface area contributed by atoms with Crippen LogP contribution in [0.3, 0.4) is 0 Å². The Kier molecular flexibility index (Phi) is 5.09. The monoisotopic (exact) mass is 303 g/mol. The van der Waals surface area contributed by atoms with E-state index in [1.54, 1.807) is 0 Å². The Labute approximate surface area is 131 Å². The maximum Gasteiger partial charge on any atom is 0.0948 e. The molecule has 1 aliphatic rings. The van der Waals surface area contributed by atoms with Gasteiger partial charge >= 0.3 is 0 Å². The summed E-state index contributed by atoms with van der Waals surface area (Å²) in [4.78, 5) is 5.79. The second-order valence-corrected chi connectivity index (χ2v) is 6.98. The number of rotatable bonds is 7. The maximum absolute atomic E-state index is 4.30. The first-order chi connectivity index (χ1) is 10.4. The predicted molar refractivity (Wildman–Crippen MR) is 88.4 cm³/mol. The number of aryl methyl sites for hydroxylation is 1. The van der Waals surface area contributed by atoms with Gasteiger partial charge in [-0.2, -0.15) is 0 Å².